The first-order chi connectivity index (χ1) is 15.2. The highest BCUT2D eigenvalue weighted by atomic mass is 35.5. The van der Waals surface area contributed by atoms with Gasteiger partial charge in [-0.15, -0.1) is 0 Å². The number of sulfonamides is 1. The van der Waals surface area contributed by atoms with Crippen LogP contribution in [0.2, 0.25) is 5.02 Å². The zero-order valence-electron chi connectivity index (χ0n) is 18.0. The molecule has 4 rings (SSSR count). The van der Waals surface area contributed by atoms with E-state index in [1.807, 2.05) is 43.5 Å². The number of halogens is 1. The lowest BCUT2D eigenvalue weighted by molar-refractivity contribution is -0.0440. The molecule has 1 aromatic heterocycles. The Kier molecular flexibility index (Phi) is 6.56. The van der Waals surface area contributed by atoms with E-state index in [0.29, 0.717) is 35.0 Å². The molecule has 1 aliphatic rings. The summed E-state index contributed by atoms with van der Waals surface area (Å²) in [4.78, 5) is 17.8. The fourth-order valence-corrected chi connectivity index (χ4v) is 6.90. The lowest BCUT2D eigenvalue weighted by Gasteiger charge is -2.34. The minimum absolute atomic E-state index is 0.146. The Morgan fingerprint density at radius 3 is 2.44 bits per heavy atom. The highest BCUT2D eigenvalue weighted by Crippen LogP contribution is 2.25. The van der Waals surface area contributed by atoms with Crippen molar-refractivity contribution in [2.24, 2.45) is 4.99 Å². The molecule has 0 unspecified atom stereocenters. The third-order valence-electron chi connectivity index (χ3n) is 5.29. The van der Waals surface area contributed by atoms with Crippen molar-refractivity contribution < 1.29 is 17.9 Å². The lowest BCUT2D eigenvalue weighted by Crippen LogP contribution is -2.48. The van der Waals surface area contributed by atoms with Gasteiger partial charge in [0.2, 0.25) is 10.0 Å². The molecule has 0 radical (unpaired) electrons. The molecule has 0 aliphatic carbocycles. The van der Waals surface area contributed by atoms with E-state index in [1.165, 1.54) is 39.9 Å². The summed E-state index contributed by atoms with van der Waals surface area (Å²) in [6, 6.07) is 11.5. The molecular weight excluding hydrogens is 470 g/mol. The minimum Gasteiger partial charge on any atom is -0.373 e. The normalized spacial score (nSPS) is 20.7. The highest BCUT2D eigenvalue weighted by molar-refractivity contribution is 7.89. The molecule has 1 aliphatic heterocycles. The SMILES string of the molecule is CCn1c(=NC(=O)c2ccc(S(=O)(=O)N3C[C@@H](C)O[C@H](C)C3)cc2)sc2cccc(Cl)c21. The van der Waals surface area contributed by atoms with Crippen LogP contribution in [0.5, 0.6) is 0 Å². The van der Waals surface area contributed by atoms with Crippen LogP contribution < -0.4 is 4.80 Å². The van der Waals surface area contributed by atoms with E-state index in [-0.39, 0.29) is 17.1 Å². The van der Waals surface area contributed by atoms with Crippen molar-refractivity contribution in [2.75, 3.05) is 13.1 Å². The summed E-state index contributed by atoms with van der Waals surface area (Å²) in [6.45, 7) is 6.88. The summed E-state index contributed by atoms with van der Waals surface area (Å²) in [7, 11) is -3.67. The van der Waals surface area contributed by atoms with Crippen molar-refractivity contribution in [2.45, 2.75) is 44.4 Å². The quantitative estimate of drug-likeness (QED) is 0.551. The summed E-state index contributed by atoms with van der Waals surface area (Å²) in [6.07, 6.45) is -0.346. The second-order valence-electron chi connectivity index (χ2n) is 7.74. The first kappa shape index (κ1) is 23.1. The number of nitrogens with zero attached hydrogens (tertiary/aromatic N) is 3. The molecule has 0 spiro atoms. The Labute approximate surface area is 196 Å². The van der Waals surface area contributed by atoms with Crippen molar-refractivity contribution in [1.29, 1.82) is 0 Å². The van der Waals surface area contributed by atoms with Gasteiger partial charge >= 0.3 is 0 Å². The van der Waals surface area contributed by atoms with Gasteiger partial charge in [0.05, 0.1) is 32.3 Å². The Balaban J connectivity index is 1.63. The monoisotopic (exact) mass is 493 g/mol. The van der Waals surface area contributed by atoms with Gasteiger partial charge in [0.15, 0.2) is 4.80 Å². The van der Waals surface area contributed by atoms with Crippen LogP contribution in [0.3, 0.4) is 0 Å². The molecule has 170 valence electrons. The summed E-state index contributed by atoms with van der Waals surface area (Å²) in [5.74, 6) is -0.438. The van der Waals surface area contributed by atoms with E-state index < -0.39 is 15.9 Å². The second-order valence-corrected chi connectivity index (χ2v) is 11.1. The van der Waals surface area contributed by atoms with Gasteiger partial charge in [-0.1, -0.05) is 29.0 Å². The number of benzene rings is 2. The van der Waals surface area contributed by atoms with E-state index in [0.717, 1.165) is 10.2 Å². The van der Waals surface area contributed by atoms with Crippen LogP contribution in [-0.4, -0.2) is 48.5 Å². The van der Waals surface area contributed by atoms with Gasteiger partial charge in [0, 0.05) is 25.2 Å². The van der Waals surface area contributed by atoms with Crippen LogP contribution in [0.4, 0.5) is 0 Å². The topological polar surface area (TPSA) is 81.0 Å². The van der Waals surface area contributed by atoms with Gasteiger partial charge in [-0.2, -0.15) is 9.30 Å². The zero-order valence-corrected chi connectivity index (χ0v) is 20.4. The molecule has 0 bridgehead atoms. The van der Waals surface area contributed by atoms with Gasteiger partial charge < -0.3 is 9.30 Å². The summed E-state index contributed by atoms with van der Waals surface area (Å²) in [5, 5.41) is 0.607. The molecular formula is C22H24ClN3O4S2. The van der Waals surface area contributed by atoms with E-state index in [9.17, 15) is 13.2 Å². The minimum atomic E-state index is -3.67. The second kappa shape index (κ2) is 9.07. The van der Waals surface area contributed by atoms with Gasteiger partial charge in [-0.05, 0) is 57.2 Å². The number of thiazole rings is 1. The van der Waals surface area contributed by atoms with E-state index >= 15 is 0 Å². The fraction of sp³-hybridized carbons (Fsp3) is 0.364. The summed E-state index contributed by atoms with van der Waals surface area (Å²) < 4.78 is 35.9. The number of morpholine rings is 1. The lowest BCUT2D eigenvalue weighted by atomic mass is 10.2. The van der Waals surface area contributed by atoms with Crippen LogP contribution in [-0.2, 0) is 21.3 Å². The van der Waals surface area contributed by atoms with Crippen molar-refractivity contribution in [3.8, 4) is 0 Å². The Bertz CT molecular complexity index is 1320. The number of ether oxygens (including phenoxy) is 1. The largest absolute Gasteiger partial charge is 0.373 e. The molecule has 10 heteroatoms. The number of carbonyl (C=O) groups is 1. The average molecular weight is 494 g/mol. The molecule has 3 aromatic rings. The highest BCUT2D eigenvalue weighted by Gasteiger charge is 2.32. The predicted molar refractivity (Wildman–Crippen MR) is 126 cm³/mol. The number of carbonyl (C=O) groups excluding carboxylic acids is 1. The smallest absolute Gasteiger partial charge is 0.279 e. The maximum absolute atomic E-state index is 13.0. The van der Waals surface area contributed by atoms with Crippen LogP contribution in [0.15, 0.2) is 52.4 Å². The zero-order chi connectivity index (χ0) is 23.0. The molecule has 1 amide bonds. The predicted octanol–water partition coefficient (Wildman–Crippen LogP) is 3.92. The number of hydrogen-bond acceptors (Lipinski definition) is 5. The molecule has 7 nitrogen and oxygen atoms in total. The Hall–Kier alpha value is -2.04. The number of aromatic nitrogens is 1. The van der Waals surface area contributed by atoms with Crippen molar-refractivity contribution in [3.05, 3.63) is 57.9 Å². The molecule has 0 N–H and O–H groups in total. The summed E-state index contributed by atoms with van der Waals surface area (Å²) in [5.41, 5.74) is 1.17. The van der Waals surface area contributed by atoms with Gasteiger partial charge in [-0.3, -0.25) is 4.79 Å². The number of para-hydroxylation sites is 1. The van der Waals surface area contributed by atoms with Crippen LogP contribution in [0.1, 0.15) is 31.1 Å². The molecule has 2 heterocycles. The van der Waals surface area contributed by atoms with Gasteiger partial charge in [-0.25, -0.2) is 8.42 Å². The number of fused-ring (bicyclic) bond motifs is 1. The molecule has 2 atom stereocenters. The molecule has 2 aromatic carbocycles. The van der Waals surface area contributed by atoms with Crippen LogP contribution >= 0.6 is 22.9 Å². The Morgan fingerprint density at radius 2 is 1.81 bits per heavy atom. The third kappa shape index (κ3) is 4.40. The summed E-state index contributed by atoms with van der Waals surface area (Å²) >= 11 is 7.73. The molecule has 0 saturated carbocycles. The van der Waals surface area contributed by atoms with E-state index in [1.54, 1.807) is 0 Å². The van der Waals surface area contributed by atoms with Crippen LogP contribution in [0.25, 0.3) is 10.2 Å². The molecule has 1 saturated heterocycles. The fourth-order valence-electron chi connectivity index (χ4n) is 3.86. The average Bonchev–Trinajstić information content (AvgIpc) is 3.11. The number of rotatable bonds is 4. The van der Waals surface area contributed by atoms with E-state index in [2.05, 4.69) is 4.99 Å². The Morgan fingerprint density at radius 1 is 1.16 bits per heavy atom. The van der Waals surface area contributed by atoms with Gasteiger partial charge in [0.25, 0.3) is 5.91 Å². The first-order valence-corrected chi connectivity index (χ1v) is 13.0. The first-order valence-electron chi connectivity index (χ1n) is 10.3. The van der Waals surface area contributed by atoms with Crippen LogP contribution in [0, 0.1) is 0 Å². The number of hydrogen-bond donors (Lipinski definition) is 0. The molecule has 1 fully saturated rings. The third-order valence-corrected chi connectivity index (χ3v) is 8.48. The van der Waals surface area contributed by atoms with Crippen molar-refractivity contribution in [1.82, 2.24) is 8.87 Å². The number of aryl methyl sites for hydroxylation is 1. The maximum atomic E-state index is 13.0. The van der Waals surface area contributed by atoms with E-state index in [4.69, 9.17) is 16.3 Å². The maximum Gasteiger partial charge on any atom is 0.279 e. The van der Waals surface area contributed by atoms with Crippen molar-refractivity contribution >= 4 is 49.1 Å². The standard InChI is InChI=1S/C22H24ClN3O4S2/c1-4-26-20-18(23)6-5-7-19(20)31-22(26)24-21(27)16-8-10-17(11-9-16)32(28,29)25-12-14(2)30-15(3)13-25/h5-11,14-15H,4,12-13H2,1-3H3/t14-,15-/m1/s1. The van der Waals surface area contributed by atoms with Crippen molar-refractivity contribution in [3.63, 3.8) is 0 Å². The van der Waals surface area contributed by atoms with Gasteiger partial charge in [0.1, 0.15) is 0 Å². The molecule has 32 heavy (non-hydrogen) atoms. The number of amides is 1.